The fraction of sp³-hybridized carbons (Fsp3) is 0.467. The monoisotopic (exact) mass is 279 g/mol. The molecule has 0 aliphatic heterocycles. The van der Waals surface area contributed by atoms with Crippen molar-refractivity contribution < 1.29 is 19.8 Å². The van der Waals surface area contributed by atoms with Gasteiger partial charge >= 0.3 is 5.97 Å². The molecule has 1 atom stereocenters. The van der Waals surface area contributed by atoms with Gasteiger partial charge in [0.1, 0.15) is 5.75 Å². The highest BCUT2D eigenvalue weighted by Crippen LogP contribution is 2.32. The largest absolute Gasteiger partial charge is 0.508 e. The Hall–Kier alpha value is -2.04. The molecular formula is C15H21NO4. The Labute approximate surface area is 118 Å². The van der Waals surface area contributed by atoms with Gasteiger partial charge in [0.05, 0.1) is 5.41 Å². The van der Waals surface area contributed by atoms with Crippen molar-refractivity contribution in [3.63, 3.8) is 0 Å². The van der Waals surface area contributed by atoms with E-state index in [1.807, 2.05) is 0 Å². The number of carbonyl (C=O) groups is 2. The number of nitrogens with zero attached hydrogens (tertiary/aromatic N) is 1. The average Bonchev–Trinajstić information content (AvgIpc) is 2.37. The summed E-state index contributed by atoms with van der Waals surface area (Å²) in [4.78, 5) is 25.0. The van der Waals surface area contributed by atoms with Crippen molar-refractivity contribution in [3.05, 3.63) is 24.3 Å². The first kappa shape index (κ1) is 16.0. The molecule has 2 N–H and O–H groups in total. The number of carboxylic acid groups (broad SMARTS) is 1. The predicted molar refractivity (Wildman–Crippen MR) is 76.7 cm³/mol. The molecule has 0 saturated carbocycles. The molecule has 0 aliphatic carbocycles. The molecule has 0 fully saturated rings. The normalized spacial score (nSPS) is 13.8. The lowest BCUT2D eigenvalue weighted by molar-refractivity contribution is -0.153. The second-order valence-electron chi connectivity index (χ2n) is 5.53. The van der Waals surface area contributed by atoms with E-state index in [1.54, 1.807) is 40.0 Å². The molecule has 5 nitrogen and oxygen atoms in total. The van der Waals surface area contributed by atoms with Gasteiger partial charge in [0, 0.05) is 25.2 Å². The molecule has 20 heavy (non-hydrogen) atoms. The lowest BCUT2D eigenvalue weighted by atomic mass is 9.76. The Morgan fingerprint density at radius 1 is 1.35 bits per heavy atom. The summed E-state index contributed by atoms with van der Waals surface area (Å²) in [5.74, 6) is -1.38. The predicted octanol–water partition coefficient (Wildman–Crippen LogP) is 2.49. The molecule has 1 aromatic carbocycles. The number of phenolic OH excluding ortho intramolecular Hbond substituents is 1. The quantitative estimate of drug-likeness (QED) is 0.868. The van der Waals surface area contributed by atoms with Gasteiger partial charge in [0.15, 0.2) is 0 Å². The topological polar surface area (TPSA) is 77.8 Å². The van der Waals surface area contributed by atoms with Crippen LogP contribution in [0.25, 0.3) is 0 Å². The number of aromatic hydroxyl groups is 1. The maximum absolute atomic E-state index is 12.3. The van der Waals surface area contributed by atoms with E-state index in [2.05, 4.69) is 0 Å². The van der Waals surface area contributed by atoms with E-state index in [9.17, 15) is 19.8 Å². The number of amides is 1. The highest BCUT2D eigenvalue weighted by Gasteiger charge is 2.39. The molecule has 1 amide bonds. The lowest BCUT2D eigenvalue weighted by Crippen LogP contribution is -2.39. The van der Waals surface area contributed by atoms with Gasteiger partial charge in [-0.05, 0) is 25.0 Å². The van der Waals surface area contributed by atoms with Crippen LogP contribution in [0.2, 0.25) is 0 Å². The molecule has 110 valence electrons. The van der Waals surface area contributed by atoms with Crippen molar-refractivity contribution in [3.8, 4) is 5.75 Å². The lowest BCUT2D eigenvalue weighted by Gasteiger charge is -2.30. The van der Waals surface area contributed by atoms with Crippen LogP contribution in [-0.2, 0) is 9.59 Å². The molecule has 1 aromatic rings. The van der Waals surface area contributed by atoms with Crippen LogP contribution in [0.4, 0.5) is 5.69 Å². The number of hydrogen-bond donors (Lipinski definition) is 2. The average molecular weight is 279 g/mol. The van der Waals surface area contributed by atoms with E-state index in [0.29, 0.717) is 5.69 Å². The van der Waals surface area contributed by atoms with Crippen LogP contribution in [0, 0.1) is 11.3 Å². The zero-order chi connectivity index (χ0) is 15.5. The molecule has 1 rings (SSSR count). The van der Waals surface area contributed by atoms with Gasteiger partial charge in [-0.1, -0.05) is 19.9 Å². The van der Waals surface area contributed by atoms with Gasteiger partial charge in [-0.15, -0.1) is 0 Å². The van der Waals surface area contributed by atoms with Crippen molar-refractivity contribution in [1.29, 1.82) is 0 Å². The third-order valence-electron chi connectivity index (χ3n) is 3.87. The Morgan fingerprint density at radius 3 is 2.40 bits per heavy atom. The van der Waals surface area contributed by atoms with Crippen molar-refractivity contribution in [1.82, 2.24) is 0 Å². The zero-order valence-electron chi connectivity index (χ0n) is 12.3. The molecular weight excluding hydrogens is 258 g/mol. The number of carbonyl (C=O) groups excluding carboxylic acids is 1. The maximum atomic E-state index is 12.3. The molecule has 0 aromatic heterocycles. The minimum absolute atomic E-state index is 0.0620. The molecule has 1 unspecified atom stereocenters. The number of anilines is 1. The van der Waals surface area contributed by atoms with Crippen molar-refractivity contribution >= 4 is 17.6 Å². The van der Waals surface area contributed by atoms with Crippen LogP contribution in [0.3, 0.4) is 0 Å². The summed E-state index contributed by atoms with van der Waals surface area (Å²) in [7, 11) is 1.57. The summed E-state index contributed by atoms with van der Waals surface area (Å²) in [6.45, 7) is 5.15. The number of carboxylic acids is 1. The minimum atomic E-state index is -1.11. The molecule has 0 saturated heterocycles. The van der Waals surface area contributed by atoms with Crippen molar-refractivity contribution in [2.75, 3.05) is 11.9 Å². The Kier molecular flexibility index (Phi) is 4.76. The van der Waals surface area contributed by atoms with Gasteiger partial charge in [-0.25, -0.2) is 0 Å². The first-order valence-electron chi connectivity index (χ1n) is 6.47. The van der Waals surface area contributed by atoms with Crippen LogP contribution >= 0.6 is 0 Å². The Balaban J connectivity index is 2.93. The zero-order valence-corrected chi connectivity index (χ0v) is 12.3. The van der Waals surface area contributed by atoms with Crippen LogP contribution in [0.5, 0.6) is 5.75 Å². The smallest absolute Gasteiger partial charge is 0.310 e. The number of hydrogen-bond acceptors (Lipinski definition) is 3. The summed E-state index contributed by atoms with van der Waals surface area (Å²) < 4.78 is 0. The van der Waals surface area contributed by atoms with Gasteiger partial charge in [-0.2, -0.15) is 0 Å². The Bertz CT molecular complexity index is 512. The fourth-order valence-electron chi connectivity index (χ4n) is 1.81. The van der Waals surface area contributed by atoms with E-state index < -0.39 is 11.4 Å². The molecule has 0 spiro atoms. The highest BCUT2D eigenvalue weighted by atomic mass is 16.4. The second-order valence-corrected chi connectivity index (χ2v) is 5.53. The molecule has 0 aliphatic rings. The number of phenols is 1. The van der Waals surface area contributed by atoms with Gasteiger partial charge < -0.3 is 15.1 Å². The summed E-state index contributed by atoms with van der Waals surface area (Å²) in [5.41, 5.74) is -0.575. The minimum Gasteiger partial charge on any atom is -0.508 e. The van der Waals surface area contributed by atoms with E-state index in [4.69, 9.17) is 0 Å². The third kappa shape index (κ3) is 3.29. The summed E-state index contributed by atoms with van der Waals surface area (Å²) in [6.07, 6.45) is -0.0911. The van der Waals surface area contributed by atoms with E-state index in [-0.39, 0.29) is 24.0 Å². The summed E-state index contributed by atoms with van der Waals surface area (Å²) in [6, 6.07) is 6.29. The van der Waals surface area contributed by atoms with Crippen LogP contribution < -0.4 is 4.90 Å². The van der Waals surface area contributed by atoms with Crippen molar-refractivity contribution in [2.45, 2.75) is 27.2 Å². The summed E-state index contributed by atoms with van der Waals surface area (Å²) in [5, 5.41) is 18.8. The summed E-state index contributed by atoms with van der Waals surface area (Å²) >= 11 is 0. The van der Waals surface area contributed by atoms with E-state index in [0.717, 1.165) is 0 Å². The van der Waals surface area contributed by atoms with E-state index in [1.165, 1.54) is 17.0 Å². The van der Waals surface area contributed by atoms with Crippen LogP contribution in [-0.4, -0.2) is 29.1 Å². The van der Waals surface area contributed by atoms with E-state index >= 15 is 0 Å². The van der Waals surface area contributed by atoms with Crippen molar-refractivity contribution in [2.24, 2.45) is 11.3 Å². The first-order chi connectivity index (χ1) is 9.18. The number of rotatable bonds is 5. The van der Waals surface area contributed by atoms with Crippen LogP contribution in [0.15, 0.2) is 24.3 Å². The van der Waals surface area contributed by atoms with Crippen LogP contribution in [0.1, 0.15) is 27.2 Å². The maximum Gasteiger partial charge on any atom is 0.310 e. The van der Waals surface area contributed by atoms with Gasteiger partial charge in [0.25, 0.3) is 0 Å². The molecule has 0 heterocycles. The molecule has 0 radical (unpaired) electrons. The molecule has 0 bridgehead atoms. The first-order valence-corrected chi connectivity index (χ1v) is 6.47. The SMILES string of the molecule is CC(C)C(C)(CC(=O)N(C)c1cccc(O)c1)C(=O)O. The third-order valence-corrected chi connectivity index (χ3v) is 3.87. The number of aliphatic carboxylic acids is 1. The second kappa shape index (κ2) is 5.94. The van der Waals surface area contributed by atoms with Gasteiger partial charge in [-0.3, -0.25) is 9.59 Å². The highest BCUT2D eigenvalue weighted by molar-refractivity contribution is 5.96. The number of benzene rings is 1. The molecule has 5 heteroatoms. The fourth-order valence-corrected chi connectivity index (χ4v) is 1.81. The standard InChI is InChI=1S/C15H21NO4/c1-10(2)15(3,14(19)20)9-13(18)16(4)11-6-5-7-12(17)8-11/h5-8,10,17H,9H2,1-4H3,(H,19,20). The Morgan fingerprint density at radius 2 is 1.95 bits per heavy atom. The van der Waals surface area contributed by atoms with Gasteiger partial charge in [0.2, 0.25) is 5.91 Å².